The lowest BCUT2D eigenvalue weighted by molar-refractivity contribution is -0.0592. The van der Waals surface area contributed by atoms with Crippen LogP contribution in [0.2, 0.25) is 5.02 Å². The zero-order chi connectivity index (χ0) is 29.5. The first-order chi connectivity index (χ1) is 21.0. The Labute approximate surface area is 254 Å². The van der Waals surface area contributed by atoms with Crippen molar-refractivity contribution in [2.75, 3.05) is 33.4 Å². The van der Waals surface area contributed by atoms with Gasteiger partial charge in [-0.2, -0.15) is 0 Å². The zero-order valence-corrected chi connectivity index (χ0v) is 24.7. The van der Waals surface area contributed by atoms with Crippen molar-refractivity contribution in [3.63, 3.8) is 0 Å². The fourth-order valence-electron chi connectivity index (χ4n) is 6.33. The van der Waals surface area contributed by atoms with Crippen LogP contribution in [0.4, 0.5) is 4.39 Å². The first-order valence-corrected chi connectivity index (χ1v) is 15.1. The van der Waals surface area contributed by atoms with Crippen molar-refractivity contribution in [3.05, 3.63) is 88.0 Å². The molecule has 0 aliphatic carbocycles. The lowest BCUT2D eigenvalue weighted by Crippen LogP contribution is -2.35. The Balaban J connectivity index is 1.07. The summed E-state index contributed by atoms with van der Waals surface area (Å²) in [6, 6.07) is 16.2. The van der Waals surface area contributed by atoms with Gasteiger partial charge >= 0.3 is 5.97 Å². The van der Waals surface area contributed by atoms with Crippen molar-refractivity contribution in [2.45, 2.75) is 50.5 Å². The number of imidazole rings is 1. The highest BCUT2D eigenvalue weighted by molar-refractivity contribution is 6.30. The van der Waals surface area contributed by atoms with Crippen molar-refractivity contribution >= 4 is 28.6 Å². The summed E-state index contributed by atoms with van der Waals surface area (Å²) in [4.78, 5) is 19.6. The molecule has 3 aliphatic heterocycles. The molecule has 10 heteroatoms. The molecule has 224 valence electrons. The van der Waals surface area contributed by atoms with Crippen molar-refractivity contribution < 1.29 is 28.1 Å². The van der Waals surface area contributed by atoms with E-state index in [1.165, 1.54) is 13.2 Å². The van der Waals surface area contributed by atoms with Crippen molar-refractivity contribution in [1.29, 1.82) is 0 Å². The summed E-state index contributed by atoms with van der Waals surface area (Å²) < 4.78 is 40.0. The first kappa shape index (κ1) is 28.1. The third-order valence-electron chi connectivity index (χ3n) is 8.79. The van der Waals surface area contributed by atoms with Crippen LogP contribution >= 0.6 is 11.6 Å². The van der Waals surface area contributed by atoms with Crippen LogP contribution in [0, 0.1) is 5.82 Å². The lowest BCUT2D eigenvalue weighted by atomic mass is 9.88. The number of hydrogen-bond donors (Lipinski definition) is 0. The van der Waals surface area contributed by atoms with Gasteiger partial charge in [0.25, 0.3) is 0 Å². The van der Waals surface area contributed by atoms with Crippen molar-refractivity contribution in [1.82, 2.24) is 14.5 Å². The maximum absolute atomic E-state index is 14.7. The minimum Gasteiger partial charge on any atom is -0.485 e. The largest absolute Gasteiger partial charge is 0.485 e. The summed E-state index contributed by atoms with van der Waals surface area (Å²) in [5.74, 6) is 1.90. The number of rotatable bonds is 7. The lowest BCUT2D eigenvalue weighted by Gasteiger charge is -2.35. The van der Waals surface area contributed by atoms with E-state index in [0.29, 0.717) is 40.7 Å². The molecule has 7 rings (SSSR count). The maximum atomic E-state index is 14.7. The predicted molar refractivity (Wildman–Crippen MR) is 159 cm³/mol. The molecule has 3 aliphatic rings. The molecule has 2 saturated heterocycles. The average molecular weight is 606 g/mol. The number of aromatic nitrogens is 2. The highest BCUT2D eigenvalue weighted by Gasteiger charge is 2.31. The van der Waals surface area contributed by atoms with Crippen LogP contribution in [-0.2, 0) is 22.6 Å². The van der Waals surface area contributed by atoms with E-state index < -0.39 is 11.9 Å². The Morgan fingerprint density at radius 3 is 2.67 bits per heavy atom. The van der Waals surface area contributed by atoms with E-state index in [9.17, 15) is 9.18 Å². The number of methoxy groups -OCH3 is 1. The third kappa shape index (κ3) is 5.57. The second kappa shape index (κ2) is 11.8. The molecule has 0 N–H and O–H groups in total. The number of likely N-dealkylation sites (tertiary alicyclic amines) is 1. The molecule has 4 aromatic rings. The number of para-hydroxylation sites is 1. The van der Waals surface area contributed by atoms with Gasteiger partial charge in [-0.3, -0.25) is 4.90 Å². The number of piperidine rings is 1. The smallest absolute Gasteiger partial charge is 0.337 e. The summed E-state index contributed by atoms with van der Waals surface area (Å²) in [6.07, 6.45) is 2.51. The topological polar surface area (TPSA) is 75.0 Å². The van der Waals surface area contributed by atoms with Crippen LogP contribution in [0.15, 0.2) is 54.6 Å². The van der Waals surface area contributed by atoms with E-state index >= 15 is 0 Å². The second-order valence-electron chi connectivity index (χ2n) is 11.4. The Morgan fingerprint density at radius 1 is 1.09 bits per heavy atom. The van der Waals surface area contributed by atoms with E-state index in [0.717, 1.165) is 61.4 Å². The minimum atomic E-state index is -0.543. The molecule has 43 heavy (non-hydrogen) atoms. The van der Waals surface area contributed by atoms with Crippen LogP contribution in [0.1, 0.15) is 58.6 Å². The van der Waals surface area contributed by atoms with E-state index in [2.05, 4.69) is 15.5 Å². The number of carbonyl (C=O) groups excluding carboxylic acids is 1. The molecule has 4 heterocycles. The Hall–Kier alpha value is -3.66. The number of benzene rings is 3. The fraction of sp³-hybridized carbons (Fsp3) is 0.394. The minimum absolute atomic E-state index is 0.153. The molecule has 0 radical (unpaired) electrons. The van der Waals surface area contributed by atoms with E-state index in [-0.39, 0.29) is 24.6 Å². The Kier molecular flexibility index (Phi) is 7.71. The van der Waals surface area contributed by atoms with Gasteiger partial charge in [0.05, 0.1) is 42.9 Å². The number of fused-ring (bicyclic) bond motifs is 2. The molecule has 0 unspecified atom stereocenters. The molecule has 3 aromatic carbocycles. The van der Waals surface area contributed by atoms with Gasteiger partial charge in [-0.15, -0.1) is 0 Å². The number of nitrogens with zero attached hydrogens (tertiary/aromatic N) is 3. The number of hydrogen-bond acceptors (Lipinski definition) is 7. The highest BCUT2D eigenvalue weighted by atomic mass is 35.5. The number of esters is 1. The van der Waals surface area contributed by atoms with Gasteiger partial charge in [-0.25, -0.2) is 14.2 Å². The molecule has 2 fully saturated rings. The van der Waals surface area contributed by atoms with E-state index in [1.807, 2.05) is 24.3 Å². The Bertz CT molecular complexity index is 1660. The molecule has 8 nitrogen and oxygen atoms in total. The zero-order valence-electron chi connectivity index (χ0n) is 23.9. The molecule has 1 aromatic heterocycles. The summed E-state index contributed by atoms with van der Waals surface area (Å²) >= 11 is 5.97. The molecule has 2 atom stereocenters. The summed E-state index contributed by atoms with van der Waals surface area (Å²) in [5.41, 5.74) is 3.82. The van der Waals surface area contributed by atoms with Crippen LogP contribution in [0.5, 0.6) is 11.5 Å². The molecular weight excluding hydrogens is 573 g/mol. The number of carbonyl (C=O) groups is 1. The van der Waals surface area contributed by atoms with Gasteiger partial charge < -0.3 is 23.5 Å². The van der Waals surface area contributed by atoms with Crippen LogP contribution in [0.3, 0.4) is 0 Å². The van der Waals surface area contributed by atoms with Gasteiger partial charge in [0.15, 0.2) is 17.6 Å². The van der Waals surface area contributed by atoms with Crippen molar-refractivity contribution in [3.8, 4) is 11.5 Å². The quantitative estimate of drug-likeness (QED) is 0.229. The van der Waals surface area contributed by atoms with E-state index in [4.69, 9.17) is 35.5 Å². The Morgan fingerprint density at radius 2 is 1.93 bits per heavy atom. The molecular formula is C33H33ClFN3O5. The maximum Gasteiger partial charge on any atom is 0.337 e. The van der Waals surface area contributed by atoms with Gasteiger partial charge in [0.1, 0.15) is 18.2 Å². The second-order valence-corrected chi connectivity index (χ2v) is 11.9. The highest BCUT2D eigenvalue weighted by Crippen LogP contribution is 2.45. The monoisotopic (exact) mass is 605 g/mol. The van der Waals surface area contributed by atoms with Gasteiger partial charge in [-0.1, -0.05) is 29.8 Å². The average Bonchev–Trinajstić information content (AvgIpc) is 3.34. The molecule has 0 spiro atoms. The summed E-state index contributed by atoms with van der Waals surface area (Å²) in [5, 5.41) is 0.351. The fourth-order valence-corrected chi connectivity index (χ4v) is 6.49. The SMILES string of the molecule is COC(=O)c1ccc2nc(CN3CCC(c4cccc5c4O[C@@H](c4ccc(Cl)cc4F)CO5)CC3)n(C[C@@H]3CCO3)c2c1. The van der Waals surface area contributed by atoms with Crippen LogP contribution in [0.25, 0.3) is 11.0 Å². The van der Waals surface area contributed by atoms with Gasteiger partial charge in [0, 0.05) is 22.8 Å². The number of halogens is 2. The van der Waals surface area contributed by atoms with Crippen molar-refractivity contribution in [2.24, 2.45) is 0 Å². The first-order valence-electron chi connectivity index (χ1n) is 14.8. The summed E-state index contributed by atoms with van der Waals surface area (Å²) in [6.45, 7) is 4.20. The molecule has 0 amide bonds. The number of ether oxygens (including phenoxy) is 4. The normalized spacial score (nSPS) is 20.6. The standard InChI is InChI=1S/C33H33ClFN3O5/c1-40-33(39)21-5-8-27-28(15-21)38(17-23-11-14-41-23)31(36-27)18-37-12-9-20(10-13-37)24-3-2-4-29-32(24)43-30(19-42-29)25-7-6-22(34)16-26(25)35/h2-8,15-16,20,23,30H,9-14,17-19H2,1H3/t23-,30+/m0/s1. The summed E-state index contributed by atoms with van der Waals surface area (Å²) in [7, 11) is 1.39. The predicted octanol–water partition coefficient (Wildman–Crippen LogP) is 6.30. The van der Waals surface area contributed by atoms with Gasteiger partial charge in [0.2, 0.25) is 0 Å². The molecule has 0 saturated carbocycles. The van der Waals surface area contributed by atoms with Crippen LogP contribution in [-0.4, -0.2) is 59.9 Å². The van der Waals surface area contributed by atoms with E-state index in [1.54, 1.807) is 18.2 Å². The van der Waals surface area contributed by atoms with Gasteiger partial charge in [-0.05, 0) is 74.7 Å². The van der Waals surface area contributed by atoms with Crippen LogP contribution < -0.4 is 9.47 Å². The third-order valence-corrected chi connectivity index (χ3v) is 9.02. The molecule has 0 bridgehead atoms.